The van der Waals surface area contributed by atoms with Crippen LogP contribution in [-0.2, 0) is 14.3 Å². The molecule has 2 saturated carbocycles. The summed E-state index contributed by atoms with van der Waals surface area (Å²) in [6.45, 7) is 3.40. The van der Waals surface area contributed by atoms with Gasteiger partial charge in [-0.3, -0.25) is 9.59 Å². The minimum atomic E-state index is -0.958. The highest BCUT2D eigenvalue weighted by Gasteiger charge is 2.79. The normalized spacial score (nSPS) is 53.1. The molecule has 0 spiro atoms. The number of aliphatic hydroxyl groups is 1. The largest absolute Gasteiger partial charge is 0.395 e. The van der Waals surface area contributed by atoms with Gasteiger partial charge in [0.05, 0.1) is 12.0 Å². The molecule has 1 saturated heterocycles. The Morgan fingerprint density at radius 2 is 2.21 bits per heavy atom. The van der Waals surface area contributed by atoms with Crippen LogP contribution in [0.5, 0.6) is 0 Å². The molecule has 1 N–H and O–H groups in total. The Kier molecular flexibility index (Phi) is 1.97. The summed E-state index contributed by atoms with van der Waals surface area (Å²) in [4.78, 5) is 25.5. The van der Waals surface area contributed by atoms with Crippen LogP contribution in [0, 0.1) is 23.2 Å². The molecule has 6 atom stereocenters. The Hall–Kier alpha value is -1.26. The zero-order chi connectivity index (χ0) is 13.4. The number of hydrogen-bond donors (Lipinski definition) is 1. The van der Waals surface area contributed by atoms with Crippen LogP contribution in [0.2, 0.25) is 0 Å². The van der Waals surface area contributed by atoms with Gasteiger partial charge in [0.25, 0.3) is 0 Å². The third-order valence-corrected chi connectivity index (χ3v) is 5.56. The van der Waals surface area contributed by atoms with Crippen molar-refractivity contribution in [1.82, 2.24) is 0 Å². The van der Waals surface area contributed by atoms with Crippen molar-refractivity contribution < 1.29 is 19.4 Å². The van der Waals surface area contributed by atoms with Crippen LogP contribution in [0.3, 0.4) is 0 Å². The van der Waals surface area contributed by atoms with E-state index >= 15 is 0 Å². The average molecular weight is 260 g/mol. The number of ether oxygens (including phenoxy) is 1. The molecule has 0 unspecified atom stereocenters. The molecular formula is C15H16O4. The molecule has 0 aromatic carbocycles. The third kappa shape index (κ3) is 1.02. The lowest BCUT2D eigenvalue weighted by atomic mass is 9.57. The topological polar surface area (TPSA) is 66.9 Å². The number of epoxide rings is 1. The molecule has 4 aliphatic rings. The van der Waals surface area contributed by atoms with Crippen LogP contribution in [-0.4, -0.2) is 35.0 Å². The fraction of sp³-hybridized carbons (Fsp3) is 0.600. The highest BCUT2D eigenvalue weighted by atomic mass is 16.6. The zero-order valence-corrected chi connectivity index (χ0v) is 10.5. The van der Waals surface area contributed by atoms with E-state index < -0.39 is 23.0 Å². The minimum absolute atomic E-state index is 0.00269. The van der Waals surface area contributed by atoms with E-state index in [1.165, 1.54) is 0 Å². The predicted octanol–water partition coefficient (Wildman–Crippen LogP) is 0.653. The number of Topliss-reactive ketones (excluding diaryl/α,β-unsaturated/α-hetero) is 2. The second-order valence-electron chi connectivity index (χ2n) is 6.18. The SMILES string of the molecule is C=CC[C@@]12O[C@@H]1C(=O)[C@]1(CO)[C@H](C2=O)[C@@H]2C=C[C@H]1C2. The number of allylic oxidation sites excluding steroid dienone is 2. The molecule has 19 heavy (non-hydrogen) atoms. The maximum Gasteiger partial charge on any atom is 0.174 e. The second kappa shape index (κ2) is 3.25. The van der Waals surface area contributed by atoms with Gasteiger partial charge in [0.1, 0.15) is 0 Å². The van der Waals surface area contributed by atoms with Gasteiger partial charge in [-0.05, 0) is 18.3 Å². The molecule has 4 rings (SSSR count). The summed E-state index contributed by atoms with van der Waals surface area (Å²) in [6.07, 6.45) is 6.19. The molecule has 3 aliphatic carbocycles. The van der Waals surface area contributed by atoms with Crippen molar-refractivity contribution >= 4 is 11.6 Å². The van der Waals surface area contributed by atoms with Crippen molar-refractivity contribution in [3.63, 3.8) is 0 Å². The van der Waals surface area contributed by atoms with Crippen LogP contribution in [0.1, 0.15) is 12.8 Å². The highest BCUT2D eigenvalue weighted by Crippen LogP contribution is 2.65. The van der Waals surface area contributed by atoms with Crippen molar-refractivity contribution in [2.24, 2.45) is 23.2 Å². The standard InChI is InChI=1S/C15H16O4/c1-2-5-15-11(17)10-8-3-4-9(6-8)14(10,7-16)12(18)13(15)19-15/h2-4,8-10,13,16H,1,5-7H2/t8-,9+,10+,13-,14+,15+/m1/s1. The third-order valence-electron chi connectivity index (χ3n) is 5.56. The summed E-state index contributed by atoms with van der Waals surface area (Å²) in [6, 6.07) is 0. The lowest BCUT2D eigenvalue weighted by Crippen LogP contribution is -2.58. The van der Waals surface area contributed by atoms with Gasteiger partial charge in [0, 0.05) is 12.3 Å². The van der Waals surface area contributed by atoms with Crippen molar-refractivity contribution in [1.29, 1.82) is 0 Å². The number of rotatable bonds is 3. The molecular weight excluding hydrogens is 244 g/mol. The fourth-order valence-corrected chi connectivity index (χ4v) is 4.63. The first-order valence-electron chi connectivity index (χ1n) is 6.78. The number of carbonyl (C=O) groups is 2. The van der Waals surface area contributed by atoms with Gasteiger partial charge < -0.3 is 9.84 Å². The molecule has 100 valence electrons. The van der Waals surface area contributed by atoms with E-state index in [1.807, 2.05) is 12.2 Å². The lowest BCUT2D eigenvalue weighted by molar-refractivity contribution is -0.149. The Morgan fingerprint density at radius 3 is 2.89 bits per heavy atom. The van der Waals surface area contributed by atoms with E-state index in [4.69, 9.17) is 4.74 Å². The second-order valence-corrected chi connectivity index (χ2v) is 6.18. The summed E-state index contributed by atoms with van der Waals surface area (Å²) in [5.41, 5.74) is -1.87. The van der Waals surface area contributed by atoms with Crippen molar-refractivity contribution in [2.75, 3.05) is 6.61 Å². The summed E-state index contributed by atoms with van der Waals surface area (Å²) in [7, 11) is 0. The molecule has 0 amide bonds. The van der Waals surface area contributed by atoms with E-state index in [0.717, 1.165) is 6.42 Å². The van der Waals surface area contributed by atoms with Crippen molar-refractivity contribution in [3.05, 3.63) is 24.8 Å². The van der Waals surface area contributed by atoms with Gasteiger partial charge in [-0.15, -0.1) is 6.58 Å². The van der Waals surface area contributed by atoms with Gasteiger partial charge in [0.15, 0.2) is 23.3 Å². The van der Waals surface area contributed by atoms with Gasteiger partial charge in [-0.1, -0.05) is 18.2 Å². The maximum absolute atomic E-state index is 12.8. The summed E-state index contributed by atoms with van der Waals surface area (Å²) < 4.78 is 5.51. The van der Waals surface area contributed by atoms with Gasteiger partial charge in [-0.25, -0.2) is 0 Å². The van der Waals surface area contributed by atoms with Crippen molar-refractivity contribution in [2.45, 2.75) is 24.5 Å². The Balaban J connectivity index is 1.85. The Morgan fingerprint density at radius 1 is 1.42 bits per heavy atom. The monoisotopic (exact) mass is 260 g/mol. The van der Waals surface area contributed by atoms with E-state index in [1.54, 1.807) is 6.08 Å². The van der Waals surface area contributed by atoms with Crippen LogP contribution < -0.4 is 0 Å². The van der Waals surface area contributed by atoms with E-state index in [2.05, 4.69) is 6.58 Å². The first-order valence-corrected chi connectivity index (χ1v) is 6.78. The fourth-order valence-electron chi connectivity index (χ4n) is 4.63. The Labute approximate surface area is 111 Å². The summed E-state index contributed by atoms with van der Waals surface area (Å²) in [5.74, 6) is -0.393. The summed E-state index contributed by atoms with van der Waals surface area (Å²) >= 11 is 0. The molecule has 1 heterocycles. The molecule has 3 fully saturated rings. The number of aliphatic hydroxyl groups excluding tert-OH is 1. The molecule has 0 aromatic heterocycles. The quantitative estimate of drug-likeness (QED) is 0.597. The molecule has 2 bridgehead atoms. The van der Waals surface area contributed by atoms with E-state index in [9.17, 15) is 14.7 Å². The molecule has 4 heteroatoms. The van der Waals surface area contributed by atoms with Crippen LogP contribution in [0.25, 0.3) is 0 Å². The van der Waals surface area contributed by atoms with Gasteiger partial charge in [0.2, 0.25) is 0 Å². The Bertz CT molecular complexity index is 536. The maximum atomic E-state index is 12.8. The van der Waals surface area contributed by atoms with Crippen molar-refractivity contribution in [3.8, 4) is 0 Å². The van der Waals surface area contributed by atoms with Crippen LogP contribution in [0.4, 0.5) is 0 Å². The van der Waals surface area contributed by atoms with E-state index in [-0.39, 0.29) is 30.0 Å². The number of hydrogen-bond acceptors (Lipinski definition) is 4. The minimum Gasteiger partial charge on any atom is -0.395 e. The molecule has 1 aliphatic heterocycles. The van der Waals surface area contributed by atoms with E-state index in [0.29, 0.717) is 6.42 Å². The number of ketones is 2. The number of fused-ring (bicyclic) bond motifs is 6. The first kappa shape index (κ1) is 11.6. The van der Waals surface area contributed by atoms with Crippen LogP contribution >= 0.6 is 0 Å². The lowest BCUT2D eigenvalue weighted by Gasteiger charge is -2.41. The molecule has 0 aromatic rings. The predicted molar refractivity (Wildman–Crippen MR) is 66.2 cm³/mol. The van der Waals surface area contributed by atoms with Crippen LogP contribution in [0.15, 0.2) is 24.8 Å². The average Bonchev–Trinajstić information content (AvgIpc) is 2.82. The van der Waals surface area contributed by atoms with Gasteiger partial charge in [-0.2, -0.15) is 0 Å². The smallest absolute Gasteiger partial charge is 0.174 e. The summed E-state index contributed by atoms with van der Waals surface area (Å²) in [5, 5.41) is 9.83. The highest BCUT2D eigenvalue weighted by molar-refractivity contribution is 6.12. The van der Waals surface area contributed by atoms with Gasteiger partial charge >= 0.3 is 0 Å². The molecule has 4 nitrogen and oxygen atoms in total. The molecule has 0 radical (unpaired) electrons. The zero-order valence-electron chi connectivity index (χ0n) is 10.5. The number of carbonyl (C=O) groups excluding carboxylic acids is 2. The first-order chi connectivity index (χ1) is 9.11.